The van der Waals surface area contributed by atoms with E-state index in [-0.39, 0.29) is 0 Å². The van der Waals surface area contributed by atoms with Gasteiger partial charge in [0.2, 0.25) is 0 Å². The third-order valence-corrected chi connectivity index (χ3v) is 2.69. The molecule has 1 fully saturated rings. The molecule has 1 aromatic heterocycles. The van der Waals surface area contributed by atoms with Gasteiger partial charge < -0.3 is 5.73 Å². The molecule has 0 saturated heterocycles. The number of aryl methyl sites for hydroxylation is 1. The third kappa shape index (κ3) is 1.23. The number of aromatic nitrogens is 1. The summed E-state index contributed by atoms with van der Waals surface area (Å²) in [6.45, 7) is 2.00. The minimum atomic E-state index is 0.370. The van der Waals surface area contributed by atoms with Crippen LogP contribution in [0.1, 0.15) is 30.0 Å². The van der Waals surface area contributed by atoms with E-state index < -0.39 is 0 Å². The molecule has 1 aliphatic carbocycles. The molecule has 2 N–H and O–H groups in total. The number of rotatable bonds is 1. The molecule has 0 radical (unpaired) electrons. The monoisotopic (exact) mass is 162 g/mol. The maximum atomic E-state index is 5.87. The topological polar surface area (TPSA) is 38.9 Å². The third-order valence-electron chi connectivity index (χ3n) is 2.69. The van der Waals surface area contributed by atoms with Gasteiger partial charge in [0, 0.05) is 23.9 Å². The van der Waals surface area contributed by atoms with E-state index >= 15 is 0 Å². The van der Waals surface area contributed by atoms with Gasteiger partial charge in [0.05, 0.1) is 0 Å². The van der Waals surface area contributed by atoms with Crippen LogP contribution in [0, 0.1) is 6.92 Å². The van der Waals surface area contributed by atoms with Gasteiger partial charge in [-0.2, -0.15) is 0 Å². The highest BCUT2D eigenvalue weighted by molar-refractivity contribution is 5.22. The largest absolute Gasteiger partial charge is 0.327 e. The molecule has 2 nitrogen and oxygen atoms in total. The zero-order valence-corrected chi connectivity index (χ0v) is 7.33. The van der Waals surface area contributed by atoms with Gasteiger partial charge in [-0.1, -0.05) is 6.07 Å². The summed E-state index contributed by atoms with van der Waals surface area (Å²) >= 11 is 0. The van der Waals surface area contributed by atoms with E-state index in [1.165, 1.54) is 18.4 Å². The summed E-state index contributed by atoms with van der Waals surface area (Å²) in [7, 11) is 0. The number of nitrogens with zero attached hydrogens (tertiary/aromatic N) is 1. The summed E-state index contributed by atoms with van der Waals surface area (Å²) in [5.74, 6) is 0.568. The van der Waals surface area contributed by atoms with Gasteiger partial charge in [0.25, 0.3) is 0 Å². The van der Waals surface area contributed by atoms with Crippen molar-refractivity contribution >= 4 is 0 Å². The lowest BCUT2D eigenvalue weighted by atomic mass is 9.76. The smallest absolute Gasteiger partial charge is 0.0372 e. The Morgan fingerprint density at radius 2 is 2.25 bits per heavy atom. The van der Waals surface area contributed by atoms with Crippen LogP contribution in [0.25, 0.3) is 0 Å². The normalized spacial score (nSPS) is 28.2. The Bertz CT molecular complexity index is 266. The van der Waals surface area contributed by atoms with Crippen molar-refractivity contribution in [2.24, 2.45) is 5.73 Å². The lowest BCUT2D eigenvalue weighted by Gasteiger charge is -2.33. The van der Waals surface area contributed by atoms with E-state index in [1.807, 2.05) is 13.1 Å². The van der Waals surface area contributed by atoms with Crippen molar-refractivity contribution in [1.29, 1.82) is 0 Å². The molecule has 1 saturated carbocycles. The number of nitrogens with two attached hydrogens (primary N) is 1. The van der Waals surface area contributed by atoms with Crippen LogP contribution in [0.4, 0.5) is 0 Å². The lowest BCUT2D eigenvalue weighted by Crippen LogP contribution is -2.37. The second-order valence-electron chi connectivity index (χ2n) is 3.58. The quantitative estimate of drug-likeness (QED) is 0.681. The zero-order chi connectivity index (χ0) is 8.55. The van der Waals surface area contributed by atoms with E-state index in [1.54, 1.807) is 0 Å². The van der Waals surface area contributed by atoms with Gasteiger partial charge in [-0.3, -0.25) is 4.98 Å². The number of hydrogen-bond donors (Lipinski definition) is 1. The predicted molar refractivity (Wildman–Crippen MR) is 48.9 cm³/mol. The van der Waals surface area contributed by atoms with Crippen molar-refractivity contribution in [3.8, 4) is 0 Å². The Morgan fingerprint density at radius 3 is 2.67 bits per heavy atom. The van der Waals surface area contributed by atoms with Gasteiger partial charge in [-0.15, -0.1) is 0 Å². The predicted octanol–water partition coefficient (Wildman–Crippen LogP) is 1.59. The van der Waals surface area contributed by atoms with Gasteiger partial charge >= 0.3 is 0 Å². The summed E-state index contributed by atoms with van der Waals surface area (Å²) in [6.07, 6.45) is 4.35. The standard InChI is InChI=1S/C10H14N2/c1-7-2-3-8(6-12-7)9-4-5-10(9)11/h2-3,6,9-10H,4-5,11H2,1H3. The van der Waals surface area contributed by atoms with Crippen LogP contribution in [0.5, 0.6) is 0 Å². The summed E-state index contributed by atoms with van der Waals surface area (Å²) in [5, 5.41) is 0. The van der Waals surface area contributed by atoms with Crippen LogP contribution >= 0.6 is 0 Å². The van der Waals surface area contributed by atoms with Crippen molar-refractivity contribution in [1.82, 2.24) is 4.98 Å². The average Bonchev–Trinajstić information content (AvgIpc) is 2.06. The molecule has 2 atom stereocenters. The highest BCUT2D eigenvalue weighted by Gasteiger charge is 2.28. The van der Waals surface area contributed by atoms with Crippen LogP contribution in [-0.4, -0.2) is 11.0 Å². The lowest BCUT2D eigenvalue weighted by molar-refractivity contribution is 0.346. The van der Waals surface area contributed by atoms with Crippen LogP contribution in [0.3, 0.4) is 0 Å². The molecule has 0 bridgehead atoms. The summed E-state index contributed by atoms with van der Waals surface area (Å²) in [5.41, 5.74) is 8.25. The fourth-order valence-corrected chi connectivity index (χ4v) is 1.64. The van der Waals surface area contributed by atoms with Crippen LogP contribution in [-0.2, 0) is 0 Å². The van der Waals surface area contributed by atoms with Gasteiger partial charge in [-0.05, 0) is 31.4 Å². The van der Waals surface area contributed by atoms with Gasteiger partial charge in [0.15, 0.2) is 0 Å². The first kappa shape index (κ1) is 7.74. The fourth-order valence-electron chi connectivity index (χ4n) is 1.64. The molecule has 1 aromatic rings. The first-order valence-electron chi connectivity index (χ1n) is 4.45. The van der Waals surface area contributed by atoms with E-state index in [2.05, 4.69) is 17.1 Å². The maximum Gasteiger partial charge on any atom is 0.0372 e. The van der Waals surface area contributed by atoms with E-state index in [0.29, 0.717) is 12.0 Å². The van der Waals surface area contributed by atoms with Crippen molar-refractivity contribution < 1.29 is 0 Å². The number of hydrogen-bond acceptors (Lipinski definition) is 2. The number of pyridine rings is 1. The van der Waals surface area contributed by atoms with E-state index in [9.17, 15) is 0 Å². The molecule has 0 amide bonds. The van der Waals surface area contributed by atoms with Gasteiger partial charge in [0.1, 0.15) is 0 Å². The van der Waals surface area contributed by atoms with Crippen molar-refractivity contribution in [3.63, 3.8) is 0 Å². The first-order valence-corrected chi connectivity index (χ1v) is 4.45. The first-order chi connectivity index (χ1) is 5.77. The van der Waals surface area contributed by atoms with Crippen LogP contribution in [0.15, 0.2) is 18.3 Å². The molecule has 64 valence electrons. The van der Waals surface area contributed by atoms with Crippen molar-refractivity contribution in [2.75, 3.05) is 0 Å². The van der Waals surface area contributed by atoms with E-state index in [4.69, 9.17) is 5.73 Å². The molecule has 1 aliphatic rings. The van der Waals surface area contributed by atoms with E-state index in [0.717, 1.165) is 5.69 Å². The zero-order valence-electron chi connectivity index (χ0n) is 7.33. The molecule has 2 heteroatoms. The Labute approximate surface area is 72.8 Å². The Hall–Kier alpha value is -0.890. The highest BCUT2D eigenvalue weighted by atomic mass is 14.7. The van der Waals surface area contributed by atoms with Crippen molar-refractivity contribution in [3.05, 3.63) is 29.6 Å². The molecule has 0 aromatic carbocycles. The Morgan fingerprint density at radius 1 is 1.42 bits per heavy atom. The van der Waals surface area contributed by atoms with Crippen LogP contribution < -0.4 is 5.73 Å². The second kappa shape index (κ2) is 2.87. The molecule has 0 spiro atoms. The van der Waals surface area contributed by atoms with Crippen LogP contribution in [0.2, 0.25) is 0 Å². The average molecular weight is 162 g/mol. The molecule has 12 heavy (non-hydrogen) atoms. The SMILES string of the molecule is Cc1ccc(C2CCC2N)cn1. The van der Waals surface area contributed by atoms with Crippen molar-refractivity contribution in [2.45, 2.75) is 31.7 Å². The second-order valence-corrected chi connectivity index (χ2v) is 3.58. The molecule has 2 unspecified atom stereocenters. The molecular formula is C10H14N2. The van der Waals surface area contributed by atoms with Gasteiger partial charge in [-0.25, -0.2) is 0 Å². The summed E-state index contributed by atoms with van der Waals surface area (Å²) < 4.78 is 0. The minimum Gasteiger partial charge on any atom is -0.327 e. The molecule has 0 aliphatic heterocycles. The fraction of sp³-hybridized carbons (Fsp3) is 0.500. The molecule has 1 heterocycles. The molecule has 2 rings (SSSR count). The summed E-state index contributed by atoms with van der Waals surface area (Å²) in [6, 6.07) is 4.57. The molecular weight excluding hydrogens is 148 g/mol. The Kier molecular flexibility index (Phi) is 1.85. The maximum absolute atomic E-state index is 5.87. The highest BCUT2D eigenvalue weighted by Crippen LogP contribution is 2.34. The minimum absolute atomic E-state index is 0.370. The Balaban J connectivity index is 2.18. The summed E-state index contributed by atoms with van der Waals surface area (Å²) in [4.78, 5) is 4.26.